The van der Waals surface area contributed by atoms with Crippen molar-refractivity contribution >= 4 is 23.9 Å². The smallest absolute Gasteiger partial charge is 0.331 e. The number of hydrogen-bond acceptors (Lipinski definition) is 9. The molecule has 1 rings (SSSR count). The van der Waals surface area contributed by atoms with E-state index < -0.39 is 30.0 Å². The molecule has 0 aliphatic carbocycles. The van der Waals surface area contributed by atoms with E-state index in [0.717, 1.165) is 24.3 Å². The molecule has 1 heterocycles. The molecule has 140 valence electrons. The highest BCUT2D eigenvalue weighted by molar-refractivity contribution is 5.92. The Morgan fingerprint density at radius 3 is 2.08 bits per heavy atom. The summed E-state index contributed by atoms with van der Waals surface area (Å²) in [6.07, 6.45) is 5.86. The fourth-order valence-corrected chi connectivity index (χ4v) is 1.58. The van der Waals surface area contributed by atoms with Crippen molar-refractivity contribution in [3.8, 4) is 0 Å². The molecule has 0 saturated carbocycles. The Balaban J connectivity index is 2.64. The third-order valence-electron chi connectivity index (χ3n) is 2.76. The van der Waals surface area contributed by atoms with Gasteiger partial charge in [0.25, 0.3) is 0 Å². The van der Waals surface area contributed by atoms with Gasteiger partial charge in [0, 0.05) is 36.7 Å². The van der Waals surface area contributed by atoms with Crippen LogP contribution in [0.2, 0.25) is 0 Å². The van der Waals surface area contributed by atoms with Crippen LogP contribution >= 0.6 is 0 Å². The number of ether oxygens (including phenoxy) is 4. The molecular weight excluding hydrogens is 348 g/mol. The predicted octanol–water partition coefficient (Wildman–Crippen LogP) is -0.203. The fraction of sp³-hybridized carbons (Fsp3) is 0.312. The van der Waals surface area contributed by atoms with Gasteiger partial charge in [-0.1, -0.05) is 0 Å². The van der Waals surface area contributed by atoms with E-state index in [-0.39, 0.29) is 13.2 Å². The van der Waals surface area contributed by atoms with Gasteiger partial charge in [-0.2, -0.15) is 5.10 Å². The molecule has 26 heavy (non-hydrogen) atoms. The Morgan fingerprint density at radius 1 is 0.962 bits per heavy atom. The zero-order valence-electron chi connectivity index (χ0n) is 14.2. The lowest BCUT2D eigenvalue weighted by Crippen LogP contribution is -2.29. The van der Waals surface area contributed by atoms with Crippen LogP contribution in [0.5, 0.6) is 0 Å². The van der Waals surface area contributed by atoms with E-state index in [1.165, 1.54) is 25.1 Å². The molecule has 0 saturated heterocycles. The first-order chi connectivity index (χ1) is 12.4. The number of aromatic nitrogens is 2. The molecule has 0 N–H and O–H groups in total. The van der Waals surface area contributed by atoms with Gasteiger partial charge in [0.1, 0.15) is 6.61 Å². The van der Waals surface area contributed by atoms with Crippen LogP contribution in [0.1, 0.15) is 0 Å². The van der Waals surface area contributed by atoms with Crippen LogP contribution < -0.4 is 0 Å². The van der Waals surface area contributed by atoms with Gasteiger partial charge in [-0.05, 0) is 6.07 Å². The summed E-state index contributed by atoms with van der Waals surface area (Å²) in [6, 6.07) is 1.67. The van der Waals surface area contributed by atoms with Crippen molar-refractivity contribution in [2.24, 2.45) is 0 Å². The van der Waals surface area contributed by atoms with Crippen molar-refractivity contribution < 1.29 is 38.1 Å². The Morgan fingerprint density at radius 2 is 1.54 bits per heavy atom. The third kappa shape index (κ3) is 8.43. The summed E-state index contributed by atoms with van der Waals surface area (Å²) in [5, 5.41) is 3.97. The van der Waals surface area contributed by atoms with Crippen LogP contribution in [-0.2, 0) is 44.7 Å². The Kier molecular flexibility index (Phi) is 8.87. The average Bonchev–Trinajstić information content (AvgIpc) is 3.14. The standard InChI is InChI=1S/C16H18N2O8/c1-23-13(19)4-6-15(21)25-11-12(10-18-9-3-8-17-18)26-16(22)7-5-14(20)24-2/h3-9,12H,10-11H2,1-2H3/b6-4+,7-5+. The lowest BCUT2D eigenvalue weighted by atomic mass is 10.3. The zero-order chi connectivity index (χ0) is 19.4. The number of carbonyl (C=O) groups is 4. The van der Waals surface area contributed by atoms with E-state index in [1.54, 1.807) is 12.3 Å². The molecule has 0 aliphatic rings. The maximum absolute atomic E-state index is 11.7. The predicted molar refractivity (Wildman–Crippen MR) is 85.4 cm³/mol. The van der Waals surface area contributed by atoms with E-state index in [0.29, 0.717) is 0 Å². The summed E-state index contributed by atoms with van der Waals surface area (Å²) in [7, 11) is 2.33. The summed E-state index contributed by atoms with van der Waals surface area (Å²) in [5.74, 6) is -3.07. The number of hydrogen-bond donors (Lipinski definition) is 0. The summed E-state index contributed by atoms with van der Waals surface area (Å²) < 4.78 is 20.2. The van der Waals surface area contributed by atoms with Crippen LogP contribution in [0.15, 0.2) is 42.8 Å². The van der Waals surface area contributed by atoms with Gasteiger partial charge >= 0.3 is 23.9 Å². The Bertz CT molecular complexity index is 678. The normalized spacial score (nSPS) is 11.9. The Labute approximate surface area is 149 Å². The molecule has 1 atom stereocenters. The zero-order valence-corrected chi connectivity index (χ0v) is 14.2. The number of carbonyl (C=O) groups excluding carboxylic acids is 4. The minimum absolute atomic E-state index is 0.110. The van der Waals surface area contributed by atoms with E-state index in [4.69, 9.17) is 9.47 Å². The van der Waals surface area contributed by atoms with E-state index in [9.17, 15) is 19.2 Å². The lowest BCUT2D eigenvalue weighted by Gasteiger charge is -2.16. The lowest BCUT2D eigenvalue weighted by molar-refractivity contribution is -0.153. The molecule has 0 amide bonds. The van der Waals surface area contributed by atoms with Crippen LogP contribution in [-0.4, -0.2) is 60.6 Å². The molecule has 0 spiro atoms. The molecule has 0 fully saturated rings. The van der Waals surface area contributed by atoms with Gasteiger partial charge in [-0.3, -0.25) is 4.68 Å². The average molecular weight is 366 g/mol. The monoisotopic (exact) mass is 366 g/mol. The second-order valence-corrected chi connectivity index (χ2v) is 4.63. The molecule has 10 heteroatoms. The number of rotatable bonds is 9. The largest absolute Gasteiger partial charge is 0.466 e. The molecule has 0 aromatic carbocycles. The highest BCUT2D eigenvalue weighted by Crippen LogP contribution is 2.01. The van der Waals surface area contributed by atoms with E-state index in [1.807, 2.05) is 0 Å². The number of methoxy groups -OCH3 is 2. The van der Waals surface area contributed by atoms with Crippen molar-refractivity contribution in [2.45, 2.75) is 12.6 Å². The number of nitrogens with zero attached hydrogens (tertiary/aromatic N) is 2. The second-order valence-electron chi connectivity index (χ2n) is 4.63. The molecule has 0 aliphatic heterocycles. The molecular formula is C16H18N2O8. The number of esters is 4. The summed E-state index contributed by atoms with van der Waals surface area (Å²) in [5.41, 5.74) is 0. The van der Waals surface area contributed by atoms with Crippen LogP contribution in [0.25, 0.3) is 0 Å². The summed E-state index contributed by atoms with van der Waals surface area (Å²) in [4.78, 5) is 45.2. The quantitative estimate of drug-likeness (QED) is 0.332. The highest BCUT2D eigenvalue weighted by atomic mass is 16.6. The second kappa shape index (κ2) is 11.2. The van der Waals surface area contributed by atoms with E-state index in [2.05, 4.69) is 14.6 Å². The first-order valence-electron chi connectivity index (χ1n) is 7.31. The minimum Gasteiger partial charge on any atom is -0.466 e. The molecule has 1 aromatic rings. The van der Waals surface area contributed by atoms with Crippen LogP contribution in [0, 0.1) is 0 Å². The van der Waals surface area contributed by atoms with E-state index >= 15 is 0 Å². The highest BCUT2D eigenvalue weighted by Gasteiger charge is 2.17. The topological polar surface area (TPSA) is 123 Å². The van der Waals surface area contributed by atoms with Crippen LogP contribution in [0.4, 0.5) is 0 Å². The molecule has 1 unspecified atom stereocenters. The van der Waals surface area contributed by atoms with Gasteiger partial charge in [0.15, 0.2) is 6.10 Å². The summed E-state index contributed by atoms with van der Waals surface area (Å²) >= 11 is 0. The first kappa shape index (κ1) is 20.6. The maximum Gasteiger partial charge on any atom is 0.331 e. The van der Waals surface area contributed by atoms with Crippen molar-refractivity contribution in [2.75, 3.05) is 20.8 Å². The molecule has 0 radical (unpaired) electrons. The van der Waals surface area contributed by atoms with Gasteiger partial charge in [0.2, 0.25) is 0 Å². The SMILES string of the molecule is COC(=O)/C=C/C(=O)OCC(Cn1cccn1)OC(=O)/C=C/C(=O)OC. The van der Waals surface area contributed by atoms with Crippen LogP contribution in [0.3, 0.4) is 0 Å². The van der Waals surface area contributed by atoms with Crippen molar-refractivity contribution in [3.05, 3.63) is 42.8 Å². The molecule has 0 bridgehead atoms. The minimum atomic E-state index is -0.875. The third-order valence-corrected chi connectivity index (χ3v) is 2.76. The van der Waals surface area contributed by atoms with Crippen molar-refractivity contribution in [1.29, 1.82) is 0 Å². The fourth-order valence-electron chi connectivity index (χ4n) is 1.58. The van der Waals surface area contributed by atoms with Gasteiger partial charge in [-0.25, -0.2) is 19.2 Å². The van der Waals surface area contributed by atoms with Crippen molar-refractivity contribution in [3.63, 3.8) is 0 Å². The molecule has 10 nitrogen and oxygen atoms in total. The summed E-state index contributed by atoms with van der Waals surface area (Å²) in [6.45, 7) is -0.180. The van der Waals surface area contributed by atoms with Gasteiger partial charge in [-0.15, -0.1) is 0 Å². The van der Waals surface area contributed by atoms with Gasteiger partial charge in [0.05, 0.1) is 20.8 Å². The van der Waals surface area contributed by atoms with Gasteiger partial charge < -0.3 is 18.9 Å². The Hall–Kier alpha value is -3.43. The van der Waals surface area contributed by atoms with Crippen molar-refractivity contribution in [1.82, 2.24) is 9.78 Å². The molecule has 1 aromatic heterocycles. The first-order valence-corrected chi connectivity index (χ1v) is 7.31. The maximum atomic E-state index is 11.7.